The fourth-order valence-electron chi connectivity index (χ4n) is 3.61. The fourth-order valence-corrected chi connectivity index (χ4v) is 3.61. The third-order valence-electron chi connectivity index (χ3n) is 5.94. The number of rotatable bonds is 3. The molecule has 1 saturated carbocycles. The summed E-state index contributed by atoms with van der Waals surface area (Å²) in [7, 11) is -0.385. The van der Waals surface area contributed by atoms with Crippen LogP contribution in [0.1, 0.15) is 80.2 Å². The van der Waals surface area contributed by atoms with E-state index in [4.69, 9.17) is 14.0 Å². The number of nitrogens with one attached hydrogen (secondary N) is 1. The highest BCUT2D eigenvalue weighted by Gasteiger charge is 2.52. The standard InChI is InChI=1S/C20H34BN3O4/c1-18(2,3)26-17(25)23-15-8-10-16(11-9-15)24-13-14(12-22-24)21-27-19(4,5)20(6,7)28-21/h12-13,15-16H,8-11H2,1-7H3,(H,23,25). The Labute approximate surface area is 168 Å². The Balaban J connectivity index is 1.53. The molecular weight excluding hydrogens is 357 g/mol. The van der Waals surface area contributed by atoms with E-state index in [1.807, 2.05) is 37.8 Å². The summed E-state index contributed by atoms with van der Waals surface area (Å²) in [5.74, 6) is 0. The Morgan fingerprint density at radius 3 is 2.29 bits per heavy atom. The number of aromatic nitrogens is 2. The minimum absolute atomic E-state index is 0.157. The molecule has 2 fully saturated rings. The van der Waals surface area contributed by atoms with Crippen molar-refractivity contribution in [2.24, 2.45) is 0 Å². The van der Waals surface area contributed by atoms with E-state index in [-0.39, 0.29) is 30.5 Å². The molecule has 0 bridgehead atoms. The molecule has 1 aromatic rings. The van der Waals surface area contributed by atoms with E-state index < -0.39 is 5.60 Å². The number of carbonyl (C=O) groups is 1. The zero-order valence-corrected chi connectivity index (χ0v) is 18.2. The molecule has 1 N–H and O–H groups in total. The van der Waals surface area contributed by atoms with Crippen molar-refractivity contribution in [3.05, 3.63) is 12.4 Å². The molecule has 156 valence electrons. The van der Waals surface area contributed by atoms with Gasteiger partial charge in [-0.15, -0.1) is 0 Å². The normalized spacial score (nSPS) is 26.9. The zero-order chi connectivity index (χ0) is 20.7. The summed E-state index contributed by atoms with van der Waals surface area (Å²) in [4.78, 5) is 12.0. The first kappa shape index (κ1) is 21.2. The van der Waals surface area contributed by atoms with Crippen molar-refractivity contribution < 1.29 is 18.8 Å². The quantitative estimate of drug-likeness (QED) is 0.801. The maximum absolute atomic E-state index is 12.0. The van der Waals surface area contributed by atoms with Crippen LogP contribution < -0.4 is 10.8 Å². The summed E-state index contributed by atoms with van der Waals surface area (Å²) in [6.07, 6.45) is 7.29. The van der Waals surface area contributed by atoms with Gasteiger partial charge in [0.15, 0.2) is 0 Å². The van der Waals surface area contributed by atoms with Gasteiger partial charge in [-0.2, -0.15) is 5.10 Å². The molecule has 0 aromatic carbocycles. The van der Waals surface area contributed by atoms with Gasteiger partial charge in [-0.05, 0) is 74.1 Å². The maximum Gasteiger partial charge on any atom is 0.498 e. The lowest BCUT2D eigenvalue weighted by Crippen LogP contribution is -2.41. The van der Waals surface area contributed by atoms with Gasteiger partial charge in [0.2, 0.25) is 0 Å². The molecule has 2 heterocycles. The largest absolute Gasteiger partial charge is 0.498 e. The van der Waals surface area contributed by atoms with Crippen molar-refractivity contribution in [3.63, 3.8) is 0 Å². The van der Waals surface area contributed by atoms with Crippen molar-refractivity contribution in [3.8, 4) is 0 Å². The van der Waals surface area contributed by atoms with Crippen LogP contribution in [-0.4, -0.2) is 45.8 Å². The molecular formula is C20H34BN3O4. The summed E-state index contributed by atoms with van der Waals surface area (Å²) in [5, 5.41) is 7.54. The van der Waals surface area contributed by atoms with Crippen molar-refractivity contribution in [2.75, 3.05) is 0 Å². The average Bonchev–Trinajstić information content (AvgIpc) is 3.09. The van der Waals surface area contributed by atoms with Gasteiger partial charge < -0.3 is 19.4 Å². The molecule has 1 aliphatic carbocycles. The molecule has 1 aromatic heterocycles. The smallest absolute Gasteiger partial charge is 0.444 e. The molecule has 1 saturated heterocycles. The van der Waals surface area contributed by atoms with Crippen LogP contribution in [0.3, 0.4) is 0 Å². The molecule has 7 nitrogen and oxygen atoms in total. The van der Waals surface area contributed by atoms with E-state index >= 15 is 0 Å². The Hall–Kier alpha value is -1.54. The highest BCUT2D eigenvalue weighted by Crippen LogP contribution is 2.36. The highest BCUT2D eigenvalue weighted by atomic mass is 16.7. The van der Waals surface area contributed by atoms with Gasteiger partial charge in [-0.3, -0.25) is 4.68 Å². The van der Waals surface area contributed by atoms with Gasteiger partial charge in [0.1, 0.15) is 5.60 Å². The van der Waals surface area contributed by atoms with E-state index in [0.717, 1.165) is 31.1 Å². The first-order valence-corrected chi connectivity index (χ1v) is 10.3. The second kappa shape index (κ2) is 7.37. The lowest BCUT2D eigenvalue weighted by atomic mass is 9.82. The first-order chi connectivity index (χ1) is 12.9. The lowest BCUT2D eigenvalue weighted by Gasteiger charge is -2.32. The molecule has 1 amide bonds. The summed E-state index contributed by atoms with van der Waals surface area (Å²) >= 11 is 0. The molecule has 28 heavy (non-hydrogen) atoms. The fraction of sp³-hybridized carbons (Fsp3) is 0.800. The Morgan fingerprint density at radius 2 is 1.75 bits per heavy atom. The summed E-state index contributed by atoms with van der Waals surface area (Å²) in [6.45, 7) is 13.8. The molecule has 1 aliphatic heterocycles. The third kappa shape index (κ3) is 4.71. The second-order valence-electron chi connectivity index (χ2n) is 9.99. The van der Waals surface area contributed by atoms with E-state index in [1.54, 1.807) is 0 Å². The number of alkyl carbamates (subject to hydrolysis) is 1. The number of hydrogen-bond donors (Lipinski definition) is 1. The van der Waals surface area contributed by atoms with Gasteiger partial charge in [0.25, 0.3) is 0 Å². The molecule has 0 spiro atoms. The number of hydrogen-bond acceptors (Lipinski definition) is 5. The summed E-state index contributed by atoms with van der Waals surface area (Å²) in [5.41, 5.74) is -0.232. The number of carbonyl (C=O) groups excluding carboxylic acids is 1. The van der Waals surface area contributed by atoms with Gasteiger partial charge in [-0.1, -0.05) is 0 Å². The van der Waals surface area contributed by atoms with Crippen molar-refractivity contribution in [1.82, 2.24) is 15.1 Å². The lowest BCUT2D eigenvalue weighted by molar-refractivity contribution is 0.00578. The molecule has 0 atom stereocenters. The zero-order valence-electron chi connectivity index (χ0n) is 18.2. The van der Waals surface area contributed by atoms with E-state index in [2.05, 4.69) is 38.1 Å². The molecule has 3 rings (SSSR count). The predicted octanol–water partition coefficient (Wildman–Crippen LogP) is 3.19. The van der Waals surface area contributed by atoms with Crippen LogP contribution in [-0.2, 0) is 14.0 Å². The monoisotopic (exact) mass is 391 g/mol. The van der Waals surface area contributed by atoms with Gasteiger partial charge in [-0.25, -0.2) is 4.79 Å². The van der Waals surface area contributed by atoms with Gasteiger partial charge in [0.05, 0.1) is 17.2 Å². The summed E-state index contributed by atoms with van der Waals surface area (Å²) < 4.78 is 19.6. The van der Waals surface area contributed by atoms with Crippen LogP contribution in [0.2, 0.25) is 0 Å². The highest BCUT2D eigenvalue weighted by molar-refractivity contribution is 6.62. The van der Waals surface area contributed by atoms with E-state index in [9.17, 15) is 4.79 Å². The van der Waals surface area contributed by atoms with Crippen molar-refractivity contribution >= 4 is 18.7 Å². The third-order valence-corrected chi connectivity index (χ3v) is 5.94. The van der Waals surface area contributed by atoms with Crippen LogP contribution in [0.4, 0.5) is 4.79 Å². The molecule has 8 heteroatoms. The SMILES string of the molecule is CC(C)(C)OC(=O)NC1CCC(n2cc(B3OC(C)(C)C(C)(C)O3)cn2)CC1. The molecule has 2 aliphatic rings. The first-order valence-electron chi connectivity index (χ1n) is 10.3. The van der Waals surface area contributed by atoms with Crippen molar-refractivity contribution in [1.29, 1.82) is 0 Å². The van der Waals surface area contributed by atoms with Crippen LogP contribution in [0.15, 0.2) is 12.4 Å². The van der Waals surface area contributed by atoms with Gasteiger partial charge in [0, 0.05) is 23.9 Å². The Kier molecular flexibility index (Phi) is 5.58. The number of amides is 1. The predicted molar refractivity (Wildman–Crippen MR) is 109 cm³/mol. The Morgan fingerprint density at radius 1 is 1.18 bits per heavy atom. The molecule has 0 unspecified atom stereocenters. The van der Waals surface area contributed by atoms with E-state index in [0.29, 0.717) is 6.04 Å². The summed E-state index contributed by atoms with van der Waals surface area (Å²) in [6, 6.07) is 0.483. The Bertz CT molecular complexity index is 687. The maximum atomic E-state index is 12.0. The minimum Gasteiger partial charge on any atom is -0.444 e. The van der Waals surface area contributed by atoms with E-state index in [1.165, 1.54) is 0 Å². The van der Waals surface area contributed by atoms with Crippen LogP contribution in [0, 0.1) is 0 Å². The topological polar surface area (TPSA) is 74.6 Å². The number of nitrogens with zero attached hydrogens (tertiary/aromatic N) is 2. The second-order valence-corrected chi connectivity index (χ2v) is 9.99. The van der Waals surface area contributed by atoms with Crippen LogP contribution >= 0.6 is 0 Å². The van der Waals surface area contributed by atoms with Crippen LogP contribution in [0.5, 0.6) is 0 Å². The van der Waals surface area contributed by atoms with Crippen LogP contribution in [0.25, 0.3) is 0 Å². The average molecular weight is 391 g/mol. The molecule has 0 radical (unpaired) electrons. The number of ether oxygens (including phenoxy) is 1. The minimum atomic E-state index is -0.472. The van der Waals surface area contributed by atoms with Gasteiger partial charge >= 0.3 is 13.2 Å². The van der Waals surface area contributed by atoms with Crippen molar-refractivity contribution in [2.45, 2.75) is 103 Å².